The quantitative estimate of drug-likeness (QED) is 0.641. The fourth-order valence-electron chi connectivity index (χ4n) is 2.26. The van der Waals surface area contributed by atoms with E-state index < -0.39 is 10.0 Å². The largest absolute Gasteiger partial charge is 0.288 e. The molecule has 2 aromatic carbocycles. The summed E-state index contributed by atoms with van der Waals surface area (Å²) in [5.74, 6) is -0.264. The molecule has 6 heteroatoms. The highest BCUT2D eigenvalue weighted by Crippen LogP contribution is 2.34. The van der Waals surface area contributed by atoms with Crippen LogP contribution in [-0.2, 0) is 10.0 Å². The van der Waals surface area contributed by atoms with E-state index in [-0.39, 0.29) is 16.2 Å². The molecule has 0 fully saturated rings. The third kappa shape index (κ3) is 1.86. The highest BCUT2D eigenvalue weighted by atomic mass is 127. The molecular formula is C14H10INO3S. The molecular weight excluding hydrogens is 389 g/mol. The molecule has 0 N–H and O–H groups in total. The van der Waals surface area contributed by atoms with Crippen LogP contribution in [0.3, 0.4) is 0 Å². The van der Waals surface area contributed by atoms with Gasteiger partial charge in [0, 0.05) is 21.7 Å². The molecule has 102 valence electrons. The van der Waals surface area contributed by atoms with Crippen LogP contribution in [-0.4, -0.2) is 21.2 Å². The predicted octanol–water partition coefficient (Wildman–Crippen LogP) is 2.66. The van der Waals surface area contributed by atoms with E-state index in [1.54, 1.807) is 36.4 Å². The fraction of sp³-hybridized carbons (Fsp3) is 0.0714. The molecule has 0 atom stereocenters. The highest BCUT2D eigenvalue weighted by molar-refractivity contribution is 14.1. The van der Waals surface area contributed by atoms with E-state index >= 15 is 0 Å². The molecule has 4 nitrogen and oxygen atoms in total. The molecule has 1 aliphatic rings. The lowest BCUT2D eigenvalue weighted by atomic mass is 10.0. The molecule has 3 rings (SSSR count). The van der Waals surface area contributed by atoms with Gasteiger partial charge in [0.15, 0.2) is 5.78 Å². The summed E-state index contributed by atoms with van der Waals surface area (Å²) in [6.45, 7) is 0. The third-order valence-electron chi connectivity index (χ3n) is 3.31. The Morgan fingerprint density at radius 3 is 2.50 bits per heavy atom. The van der Waals surface area contributed by atoms with E-state index in [9.17, 15) is 13.2 Å². The van der Waals surface area contributed by atoms with Crippen molar-refractivity contribution in [2.24, 2.45) is 0 Å². The van der Waals surface area contributed by atoms with Gasteiger partial charge in [-0.2, -0.15) is 0 Å². The number of anilines is 1. The van der Waals surface area contributed by atoms with Crippen LogP contribution < -0.4 is 4.31 Å². The van der Waals surface area contributed by atoms with E-state index in [0.717, 1.165) is 3.57 Å². The van der Waals surface area contributed by atoms with Gasteiger partial charge in [-0.25, -0.2) is 8.42 Å². The Hall–Kier alpha value is -1.41. The highest BCUT2D eigenvalue weighted by Gasteiger charge is 2.33. The maximum absolute atomic E-state index is 12.7. The summed E-state index contributed by atoms with van der Waals surface area (Å²) in [6, 6.07) is 11.6. The molecule has 0 aromatic heterocycles. The molecule has 0 unspecified atom stereocenters. The van der Waals surface area contributed by atoms with Crippen LogP contribution in [0.15, 0.2) is 47.4 Å². The van der Waals surface area contributed by atoms with Gasteiger partial charge in [0.2, 0.25) is 0 Å². The van der Waals surface area contributed by atoms with E-state index in [1.165, 1.54) is 17.4 Å². The Morgan fingerprint density at radius 2 is 1.75 bits per heavy atom. The Bertz CT molecular complexity index is 830. The monoisotopic (exact) mass is 399 g/mol. The third-order valence-corrected chi connectivity index (χ3v) is 5.80. The first kappa shape index (κ1) is 13.6. The van der Waals surface area contributed by atoms with Crippen molar-refractivity contribution < 1.29 is 13.2 Å². The molecule has 20 heavy (non-hydrogen) atoms. The number of ketones is 1. The van der Waals surface area contributed by atoms with E-state index in [0.29, 0.717) is 11.3 Å². The van der Waals surface area contributed by atoms with Crippen LogP contribution in [0, 0.1) is 3.57 Å². The Labute approximate surface area is 130 Å². The van der Waals surface area contributed by atoms with Gasteiger partial charge in [-0.05, 0) is 52.9 Å². The minimum absolute atomic E-state index is 0.0631. The van der Waals surface area contributed by atoms with Crippen LogP contribution in [0.2, 0.25) is 0 Å². The molecule has 0 spiro atoms. The summed E-state index contributed by atoms with van der Waals surface area (Å²) in [5, 5.41) is 0. The molecule has 0 bridgehead atoms. The van der Waals surface area contributed by atoms with Crippen molar-refractivity contribution in [2.75, 3.05) is 11.4 Å². The first-order valence-corrected chi connectivity index (χ1v) is 8.37. The zero-order valence-corrected chi connectivity index (χ0v) is 13.5. The number of para-hydroxylation sites is 1. The summed E-state index contributed by atoms with van der Waals surface area (Å²) in [4.78, 5) is 12.6. The second-order valence-electron chi connectivity index (χ2n) is 4.46. The number of carbonyl (C=O) groups excluding carboxylic acids is 1. The van der Waals surface area contributed by atoms with Crippen molar-refractivity contribution in [3.8, 4) is 0 Å². The Kier molecular flexibility index (Phi) is 3.09. The molecule has 1 heterocycles. The second kappa shape index (κ2) is 4.56. The molecule has 0 saturated carbocycles. The molecule has 0 saturated heterocycles. The number of hydrogen-bond acceptors (Lipinski definition) is 3. The normalized spacial score (nSPS) is 16.3. The standard InChI is InChI=1S/C14H10INO3S/c1-16-12-5-3-2-4-10(12)14(17)11-7-6-9(15)8-13(11)20(16,18)19/h2-8H,1H3. The lowest BCUT2D eigenvalue weighted by Gasteiger charge is -2.18. The Balaban J connectivity index is 2.44. The van der Waals surface area contributed by atoms with Crippen molar-refractivity contribution in [2.45, 2.75) is 4.90 Å². The number of hydrogen-bond donors (Lipinski definition) is 0. The number of halogens is 1. The smallest absolute Gasteiger partial charge is 0.264 e. The number of benzene rings is 2. The molecule has 0 radical (unpaired) electrons. The van der Waals surface area contributed by atoms with Crippen molar-refractivity contribution in [3.63, 3.8) is 0 Å². The number of nitrogens with zero attached hydrogens (tertiary/aromatic N) is 1. The van der Waals surface area contributed by atoms with Gasteiger partial charge in [0.05, 0.1) is 10.6 Å². The zero-order chi connectivity index (χ0) is 14.5. The SMILES string of the molecule is CN1c2ccccc2C(=O)c2ccc(I)cc2S1(=O)=O. The van der Waals surface area contributed by atoms with Crippen molar-refractivity contribution in [3.05, 3.63) is 57.2 Å². The average Bonchev–Trinajstić information content (AvgIpc) is 2.50. The van der Waals surface area contributed by atoms with E-state index in [2.05, 4.69) is 0 Å². The van der Waals surface area contributed by atoms with Gasteiger partial charge in [-0.1, -0.05) is 12.1 Å². The average molecular weight is 399 g/mol. The second-order valence-corrected chi connectivity index (χ2v) is 7.64. The number of rotatable bonds is 0. The number of sulfonamides is 1. The van der Waals surface area contributed by atoms with Crippen molar-refractivity contribution in [1.29, 1.82) is 0 Å². The van der Waals surface area contributed by atoms with Gasteiger partial charge < -0.3 is 0 Å². The Morgan fingerprint density at radius 1 is 1.05 bits per heavy atom. The lowest BCUT2D eigenvalue weighted by Crippen LogP contribution is -2.26. The van der Waals surface area contributed by atoms with Gasteiger partial charge in [-0.3, -0.25) is 9.10 Å². The van der Waals surface area contributed by atoms with E-state index in [1.807, 2.05) is 22.6 Å². The van der Waals surface area contributed by atoms with Crippen LogP contribution in [0.5, 0.6) is 0 Å². The minimum atomic E-state index is -3.72. The predicted molar refractivity (Wildman–Crippen MR) is 84.6 cm³/mol. The number of fused-ring (bicyclic) bond motifs is 2. The molecule has 0 amide bonds. The van der Waals surface area contributed by atoms with Crippen molar-refractivity contribution >= 4 is 44.1 Å². The van der Waals surface area contributed by atoms with E-state index in [4.69, 9.17) is 0 Å². The van der Waals surface area contributed by atoms with Crippen LogP contribution in [0.1, 0.15) is 15.9 Å². The molecule has 0 aliphatic carbocycles. The van der Waals surface area contributed by atoms with Crippen LogP contribution in [0.25, 0.3) is 0 Å². The number of carbonyl (C=O) groups is 1. The van der Waals surface area contributed by atoms with Crippen molar-refractivity contribution in [1.82, 2.24) is 0 Å². The summed E-state index contributed by atoms with van der Waals surface area (Å²) in [7, 11) is -2.25. The molecule has 1 aliphatic heterocycles. The van der Waals surface area contributed by atoms with Gasteiger partial charge >= 0.3 is 0 Å². The summed E-state index contributed by atoms with van der Waals surface area (Å²) < 4.78 is 27.3. The van der Waals surface area contributed by atoms with Crippen LogP contribution >= 0.6 is 22.6 Å². The first-order chi connectivity index (χ1) is 9.43. The first-order valence-electron chi connectivity index (χ1n) is 5.85. The topological polar surface area (TPSA) is 54.5 Å². The lowest BCUT2D eigenvalue weighted by molar-refractivity contribution is 0.103. The summed E-state index contributed by atoms with van der Waals surface area (Å²) >= 11 is 2.03. The minimum Gasteiger partial charge on any atom is -0.288 e. The maximum atomic E-state index is 12.7. The van der Waals surface area contributed by atoms with Gasteiger partial charge in [0.25, 0.3) is 10.0 Å². The zero-order valence-electron chi connectivity index (χ0n) is 10.5. The van der Waals surface area contributed by atoms with Crippen LogP contribution in [0.4, 0.5) is 5.69 Å². The maximum Gasteiger partial charge on any atom is 0.264 e. The van der Waals surface area contributed by atoms with Gasteiger partial charge in [-0.15, -0.1) is 0 Å². The van der Waals surface area contributed by atoms with Gasteiger partial charge in [0.1, 0.15) is 0 Å². The fourth-order valence-corrected chi connectivity index (χ4v) is 4.39. The summed E-state index contributed by atoms with van der Waals surface area (Å²) in [6.07, 6.45) is 0. The molecule has 2 aromatic rings. The summed E-state index contributed by atoms with van der Waals surface area (Å²) in [5.41, 5.74) is 1.03.